The second-order valence-corrected chi connectivity index (χ2v) is 5.42. The Balaban J connectivity index is 2.22. The monoisotopic (exact) mass is 252 g/mol. The maximum Gasteiger partial charge on any atom is 0.249 e. The summed E-state index contributed by atoms with van der Waals surface area (Å²) < 4.78 is 5.50. The summed E-state index contributed by atoms with van der Waals surface area (Å²) in [4.78, 5) is 12.2. The quantitative estimate of drug-likeness (QED) is 0.802. The molecule has 4 N–H and O–H groups in total. The van der Waals surface area contributed by atoms with E-state index in [0.717, 1.165) is 17.9 Å². The number of ether oxygens (including phenoxy) is 1. The van der Waals surface area contributed by atoms with Crippen molar-refractivity contribution in [1.82, 2.24) is 0 Å². The number of nitrogen functional groups attached to an aromatic ring is 1. The zero-order valence-electron chi connectivity index (χ0n) is 9.68. The Bertz CT molecular complexity index is 437. The molecule has 17 heavy (non-hydrogen) atoms. The van der Waals surface area contributed by atoms with Gasteiger partial charge in [0.1, 0.15) is 0 Å². The fraction of sp³-hybridized carbons (Fsp3) is 0.417. The average Bonchev–Trinajstić information content (AvgIpc) is 2.67. The van der Waals surface area contributed by atoms with Gasteiger partial charge in [-0.15, -0.1) is 11.8 Å². The van der Waals surface area contributed by atoms with Gasteiger partial charge < -0.3 is 16.2 Å². The zero-order valence-corrected chi connectivity index (χ0v) is 10.5. The summed E-state index contributed by atoms with van der Waals surface area (Å²) in [6, 6.07) is 5.27. The van der Waals surface area contributed by atoms with Gasteiger partial charge in [0.25, 0.3) is 0 Å². The molecule has 4 nitrogen and oxygen atoms in total. The molecule has 5 heteroatoms. The third-order valence-corrected chi connectivity index (χ3v) is 4.39. The molecular formula is C12H16N2O2S. The zero-order chi connectivity index (χ0) is 12.4. The van der Waals surface area contributed by atoms with Gasteiger partial charge in [0, 0.05) is 22.4 Å². The molecule has 92 valence electrons. The summed E-state index contributed by atoms with van der Waals surface area (Å²) in [5.41, 5.74) is 12.1. The molecule has 2 atom stereocenters. The molecule has 2 unspecified atom stereocenters. The Hall–Kier alpha value is -1.20. The number of thioether (sulfide) groups is 1. The minimum absolute atomic E-state index is 0.207. The first-order valence-electron chi connectivity index (χ1n) is 5.55. The summed E-state index contributed by atoms with van der Waals surface area (Å²) in [6.07, 6.45) is 1.20. The molecule has 1 heterocycles. The van der Waals surface area contributed by atoms with Crippen molar-refractivity contribution in [2.75, 3.05) is 12.3 Å². The molecule has 0 saturated carbocycles. The van der Waals surface area contributed by atoms with Gasteiger partial charge in [-0.2, -0.15) is 0 Å². The first-order chi connectivity index (χ1) is 8.08. The van der Waals surface area contributed by atoms with E-state index in [4.69, 9.17) is 16.2 Å². The Morgan fingerprint density at radius 1 is 1.53 bits per heavy atom. The smallest absolute Gasteiger partial charge is 0.249 e. The van der Waals surface area contributed by atoms with Crippen molar-refractivity contribution >= 4 is 23.4 Å². The Kier molecular flexibility index (Phi) is 3.59. The molecule has 1 aliphatic rings. The molecule has 1 aromatic carbocycles. The topological polar surface area (TPSA) is 78.3 Å². The van der Waals surface area contributed by atoms with E-state index in [-0.39, 0.29) is 6.10 Å². The van der Waals surface area contributed by atoms with Gasteiger partial charge in [0.2, 0.25) is 5.91 Å². The van der Waals surface area contributed by atoms with E-state index >= 15 is 0 Å². The Labute approximate surface area is 105 Å². The normalized spacial score (nSPS) is 23.8. The van der Waals surface area contributed by atoms with E-state index in [1.807, 2.05) is 13.0 Å². The molecule has 0 aromatic heterocycles. The number of carbonyl (C=O) groups excluding carboxylic acids is 1. The molecule has 0 bridgehead atoms. The second kappa shape index (κ2) is 4.98. The van der Waals surface area contributed by atoms with E-state index in [2.05, 4.69) is 0 Å². The molecule has 0 radical (unpaired) electrons. The van der Waals surface area contributed by atoms with Crippen molar-refractivity contribution in [2.45, 2.75) is 29.6 Å². The van der Waals surface area contributed by atoms with Crippen LogP contribution in [0.3, 0.4) is 0 Å². The number of amides is 1. The Morgan fingerprint density at radius 2 is 2.29 bits per heavy atom. The number of primary amides is 1. The van der Waals surface area contributed by atoms with Crippen LogP contribution in [-0.4, -0.2) is 23.9 Å². The van der Waals surface area contributed by atoms with Gasteiger partial charge in [-0.1, -0.05) is 0 Å². The summed E-state index contributed by atoms with van der Waals surface area (Å²) in [6.45, 7) is 2.83. The summed E-state index contributed by atoms with van der Waals surface area (Å²) in [5, 5.41) is 0.372. The van der Waals surface area contributed by atoms with Crippen molar-refractivity contribution in [3.05, 3.63) is 23.8 Å². The lowest BCUT2D eigenvalue weighted by molar-refractivity contribution is 0.0997. The van der Waals surface area contributed by atoms with E-state index in [0.29, 0.717) is 16.5 Å². The number of hydrogen-bond acceptors (Lipinski definition) is 4. The summed E-state index contributed by atoms with van der Waals surface area (Å²) in [5.74, 6) is -0.439. The molecule has 1 fully saturated rings. The van der Waals surface area contributed by atoms with Crippen LogP contribution < -0.4 is 11.5 Å². The number of carbonyl (C=O) groups is 1. The molecule has 1 aliphatic heterocycles. The highest BCUT2D eigenvalue weighted by Crippen LogP contribution is 2.34. The third kappa shape index (κ3) is 2.73. The number of nitrogens with two attached hydrogens (primary N) is 2. The van der Waals surface area contributed by atoms with Gasteiger partial charge in [0.05, 0.1) is 11.7 Å². The highest BCUT2D eigenvalue weighted by Gasteiger charge is 2.26. The lowest BCUT2D eigenvalue weighted by Gasteiger charge is -2.15. The highest BCUT2D eigenvalue weighted by atomic mass is 32.2. The van der Waals surface area contributed by atoms with Crippen molar-refractivity contribution in [3.63, 3.8) is 0 Å². The first kappa shape index (κ1) is 12.3. The van der Waals surface area contributed by atoms with Gasteiger partial charge in [-0.25, -0.2) is 0 Å². The highest BCUT2D eigenvalue weighted by molar-refractivity contribution is 8.00. The largest absolute Gasteiger partial charge is 0.399 e. The third-order valence-electron chi connectivity index (χ3n) is 2.85. The molecule has 1 aromatic rings. The number of anilines is 1. The molecule has 1 saturated heterocycles. The van der Waals surface area contributed by atoms with E-state index in [9.17, 15) is 4.79 Å². The molecule has 1 amide bonds. The Morgan fingerprint density at radius 3 is 2.88 bits per heavy atom. The SMILES string of the molecule is CC1OCCC1Sc1ccc(N)cc1C(N)=O. The van der Waals surface area contributed by atoms with Crippen LogP contribution in [0.4, 0.5) is 5.69 Å². The van der Waals surface area contributed by atoms with E-state index in [1.54, 1.807) is 23.9 Å². The van der Waals surface area contributed by atoms with Crippen molar-refractivity contribution in [2.24, 2.45) is 5.73 Å². The molecule has 2 rings (SSSR count). The van der Waals surface area contributed by atoms with Crippen LogP contribution in [0.15, 0.2) is 23.1 Å². The molecule has 0 aliphatic carbocycles. The standard InChI is InChI=1S/C12H16N2O2S/c1-7-10(4-5-16-7)17-11-3-2-8(13)6-9(11)12(14)15/h2-3,6-7,10H,4-5,13H2,1H3,(H2,14,15). The van der Waals surface area contributed by atoms with Crippen LogP contribution in [0.2, 0.25) is 0 Å². The fourth-order valence-corrected chi connectivity index (χ4v) is 3.12. The van der Waals surface area contributed by atoms with Crippen LogP contribution in [0, 0.1) is 0 Å². The van der Waals surface area contributed by atoms with Crippen LogP contribution in [0.5, 0.6) is 0 Å². The molecular weight excluding hydrogens is 236 g/mol. The van der Waals surface area contributed by atoms with Crippen molar-refractivity contribution in [1.29, 1.82) is 0 Å². The van der Waals surface area contributed by atoms with E-state index < -0.39 is 5.91 Å². The summed E-state index contributed by atoms with van der Waals surface area (Å²) in [7, 11) is 0. The fourth-order valence-electron chi connectivity index (χ4n) is 1.87. The van der Waals surface area contributed by atoms with E-state index in [1.165, 1.54) is 0 Å². The number of rotatable bonds is 3. The van der Waals surface area contributed by atoms with Crippen molar-refractivity contribution < 1.29 is 9.53 Å². The predicted molar refractivity (Wildman–Crippen MR) is 69.0 cm³/mol. The van der Waals surface area contributed by atoms with Gasteiger partial charge >= 0.3 is 0 Å². The van der Waals surface area contributed by atoms with Gasteiger partial charge in [-0.3, -0.25) is 4.79 Å². The van der Waals surface area contributed by atoms with Gasteiger partial charge in [0.15, 0.2) is 0 Å². The minimum atomic E-state index is -0.439. The number of hydrogen-bond donors (Lipinski definition) is 2. The minimum Gasteiger partial charge on any atom is -0.399 e. The maximum absolute atomic E-state index is 11.4. The maximum atomic E-state index is 11.4. The second-order valence-electron chi connectivity index (χ2n) is 4.14. The summed E-state index contributed by atoms with van der Waals surface area (Å²) >= 11 is 1.64. The van der Waals surface area contributed by atoms with Crippen LogP contribution >= 0.6 is 11.8 Å². The molecule has 0 spiro atoms. The van der Waals surface area contributed by atoms with Crippen molar-refractivity contribution in [3.8, 4) is 0 Å². The average molecular weight is 252 g/mol. The lowest BCUT2D eigenvalue weighted by atomic mass is 10.2. The van der Waals surface area contributed by atoms with Crippen LogP contribution in [0.25, 0.3) is 0 Å². The lowest BCUT2D eigenvalue weighted by Crippen LogP contribution is -2.16. The predicted octanol–water partition coefficient (Wildman–Crippen LogP) is 1.64. The van der Waals surface area contributed by atoms with Gasteiger partial charge in [-0.05, 0) is 31.5 Å². The van der Waals surface area contributed by atoms with Crippen LogP contribution in [-0.2, 0) is 4.74 Å². The first-order valence-corrected chi connectivity index (χ1v) is 6.43. The number of benzene rings is 1. The van der Waals surface area contributed by atoms with Crippen LogP contribution in [0.1, 0.15) is 23.7 Å².